The number of esters is 1. The lowest BCUT2D eigenvalue weighted by Crippen LogP contribution is -2.18. The van der Waals surface area contributed by atoms with Crippen LogP contribution in [0, 0.1) is 0 Å². The molecular formula is C38H62O4. The molecule has 0 fully saturated rings. The summed E-state index contributed by atoms with van der Waals surface area (Å²) in [6.45, 7) is 4.30. The van der Waals surface area contributed by atoms with Crippen LogP contribution in [0.15, 0.2) is 72.9 Å². The minimum absolute atomic E-state index is 0.0574. The maximum atomic E-state index is 12.3. The fourth-order valence-electron chi connectivity index (χ4n) is 4.56. The number of hydrogen-bond acceptors (Lipinski definition) is 3. The highest BCUT2D eigenvalue weighted by Gasteiger charge is 2.12. The Morgan fingerprint density at radius 3 is 1.43 bits per heavy atom. The Bertz CT molecular complexity index is 800. The van der Waals surface area contributed by atoms with Crippen molar-refractivity contribution in [2.45, 2.75) is 155 Å². The quantitative estimate of drug-likeness (QED) is 0.0541. The summed E-state index contributed by atoms with van der Waals surface area (Å²) in [5.74, 6) is -0.761. The second-order valence-corrected chi connectivity index (χ2v) is 11.0. The van der Waals surface area contributed by atoms with E-state index in [9.17, 15) is 9.59 Å². The predicted octanol–water partition coefficient (Wildman–Crippen LogP) is 11.6. The molecule has 0 amide bonds. The summed E-state index contributed by atoms with van der Waals surface area (Å²) in [7, 11) is 0. The van der Waals surface area contributed by atoms with Crippen molar-refractivity contribution in [2.75, 3.05) is 0 Å². The highest BCUT2D eigenvalue weighted by molar-refractivity contribution is 5.69. The molecule has 1 unspecified atom stereocenters. The van der Waals surface area contributed by atoms with Crippen LogP contribution in [0.2, 0.25) is 0 Å². The van der Waals surface area contributed by atoms with Crippen LogP contribution in [0.3, 0.4) is 0 Å². The summed E-state index contributed by atoms with van der Waals surface area (Å²) in [5, 5.41) is 8.66. The van der Waals surface area contributed by atoms with Crippen molar-refractivity contribution in [2.24, 2.45) is 0 Å². The maximum absolute atomic E-state index is 12.3. The van der Waals surface area contributed by atoms with Crippen molar-refractivity contribution in [3.8, 4) is 0 Å². The Morgan fingerprint density at radius 1 is 0.548 bits per heavy atom. The number of unbranched alkanes of at least 4 members (excludes halogenated alkanes) is 8. The molecule has 0 aromatic heterocycles. The molecule has 0 aliphatic heterocycles. The van der Waals surface area contributed by atoms with Crippen molar-refractivity contribution in [1.29, 1.82) is 0 Å². The second kappa shape index (κ2) is 32.9. The number of carboxylic acid groups (broad SMARTS) is 1. The summed E-state index contributed by atoms with van der Waals surface area (Å²) in [6.07, 6.45) is 46.9. The van der Waals surface area contributed by atoms with Gasteiger partial charge in [0.05, 0.1) is 0 Å². The summed E-state index contributed by atoms with van der Waals surface area (Å²) in [4.78, 5) is 22.8. The minimum atomic E-state index is -0.688. The van der Waals surface area contributed by atoms with E-state index in [4.69, 9.17) is 9.84 Å². The van der Waals surface area contributed by atoms with Crippen molar-refractivity contribution < 1.29 is 19.4 Å². The molecule has 4 heteroatoms. The lowest BCUT2D eigenvalue weighted by molar-refractivity contribution is -0.149. The SMILES string of the molecule is CC/C=C\C/C=C\C/C=C\C/C=C\C/C=C\C/C=C\CCC(=O)OC(CCC)CCCCCCCCCCCC(=O)O. The molecule has 0 heterocycles. The smallest absolute Gasteiger partial charge is 0.306 e. The van der Waals surface area contributed by atoms with E-state index in [1.165, 1.54) is 32.1 Å². The molecule has 0 saturated carbocycles. The van der Waals surface area contributed by atoms with Gasteiger partial charge in [0.1, 0.15) is 6.10 Å². The molecule has 238 valence electrons. The van der Waals surface area contributed by atoms with Crippen LogP contribution in [0.5, 0.6) is 0 Å². The summed E-state index contributed by atoms with van der Waals surface area (Å²) in [5.41, 5.74) is 0. The highest BCUT2D eigenvalue weighted by atomic mass is 16.5. The van der Waals surface area contributed by atoms with Gasteiger partial charge in [-0.05, 0) is 70.6 Å². The van der Waals surface area contributed by atoms with Gasteiger partial charge in [0.15, 0.2) is 0 Å². The van der Waals surface area contributed by atoms with Gasteiger partial charge in [-0.15, -0.1) is 0 Å². The molecule has 0 aliphatic carbocycles. The average molecular weight is 583 g/mol. The third kappa shape index (κ3) is 31.9. The van der Waals surface area contributed by atoms with Crippen LogP contribution in [0.25, 0.3) is 0 Å². The van der Waals surface area contributed by atoms with Crippen LogP contribution in [-0.4, -0.2) is 23.1 Å². The number of ether oxygens (including phenoxy) is 1. The van der Waals surface area contributed by atoms with E-state index < -0.39 is 5.97 Å². The Labute approximate surface area is 258 Å². The van der Waals surface area contributed by atoms with Crippen LogP contribution in [0.4, 0.5) is 0 Å². The fraction of sp³-hybridized carbons (Fsp3) is 0.632. The van der Waals surface area contributed by atoms with Crippen molar-refractivity contribution >= 4 is 11.9 Å². The number of carboxylic acids is 1. The maximum Gasteiger partial charge on any atom is 0.306 e. The molecule has 0 spiro atoms. The third-order valence-electron chi connectivity index (χ3n) is 6.94. The number of rotatable bonds is 29. The molecule has 0 aliphatic rings. The molecule has 0 aromatic rings. The van der Waals surface area contributed by atoms with Crippen LogP contribution >= 0.6 is 0 Å². The van der Waals surface area contributed by atoms with Gasteiger partial charge in [-0.3, -0.25) is 9.59 Å². The van der Waals surface area contributed by atoms with E-state index in [1.54, 1.807) is 0 Å². The van der Waals surface area contributed by atoms with Gasteiger partial charge in [0.2, 0.25) is 0 Å². The summed E-state index contributed by atoms with van der Waals surface area (Å²) >= 11 is 0. The Morgan fingerprint density at radius 2 is 0.976 bits per heavy atom. The molecule has 0 radical (unpaired) electrons. The standard InChI is InChI=1S/C38H62O4/c1-3-5-6-7-8-9-10-11-12-13-14-15-16-17-18-22-25-28-31-35-38(41)42-36(32-4-2)33-29-26-23-20-19-21-24-27-30-34-37(39)40/h5-6,8-9,11-12,14-15,17-18,25,28,36H,3-4,7,10,13,16,19-24,26-27,29-35H2,1-2H3,(H,39,40)/b6-5-,9-8-,12-11-,15-14-,18-17-,28-25-. The molecular weight excluding hydrogens is 520 g/mol. The lowest BCUT2D eigenvalue weighted by Gasteiger charge is -2.17. The van der Waals surface area contributed by atoms with Gasteiger partial charge in [0, 0.05) is 12.8 Å². The highest BCUT2D eigenvalue weighted by Crippen LogP contribution is 2.16. The average Bonchev–Trinajstić information content (AvgIpc) is 2.97. The number of aliphatic carboxylic acids is 1. The topological polar surface area (TPSA) is 63.6 Å². The Kier molecular flexibility index (Phi) is 30.8. The van der Waals surface area contributed by atoms with E-state index in [1.807, 2.05) is 0 Å². The Hall–Kier alpha value is -2.62. The van der Waals surface area contributed by atoms with Gasteiger partial charge in [0.25, 0.3) is 0 Å². The van der Waals surface area contributed by atoms with Crippen molar-refractivity contribution in [3.63, 3.8) is 0 Å². The monoisotopic (exact) mass is 582 g/mol. The molecule has 0 rings (SSSR count). The molecule has 0 aromatic carbocycles. The first-order valence-corrected chi connectivity index (χ1v) is 16.9. The second-order valence-electron chi connectivity index (χ2n) is 11.0. The fourth-order valence-corrected chi connectivity index (χ4v) is 4.56. The zero-order chi connectivity index (χ0) is 30.8. The molecule has 0 bridgehead atoms. The van der Waals surface area contributed by atoms with Crippen LogP contribution in [-0.2, 0) is 14.3 Å². The Balaban J connectivity index is 3.78. The van der Waals surface area contributed by atoms with E-state index in [2.05, 4.69) is 86.8 Å². The number of allylic oxidation sites excluding steroid dienone is 12. The van der Waals surface area contributed by atoms with Crippen LogP contribution in [0.1, 0.15) is 149 Å². The van der Waals surface area contributed by atoms with E-state index in [0.29, 0.717) is 12.8 Å². The molecule has 4 nitrogen and oxygen atoms in total. The lowest BCUT2D eigenvalue weighted by atomic mass is 10.0. The van der Waals surface area contributed by atoms with Crippen molar-refractivity contribution in [1.82, 2.24) is 0 Å². The molecule has 1 N–H and O–H groups in total. The zero-order valence-electron chi connectivity index (χ0n) is 27.0. The van der Waals surface area contributed by atoms with Gasteiger partial charge >= 0.3 is 11.9 Å². The van der Waals surface area contributed by atoms with Gasteiger partial charge < -0.3 is 9.84 Å². The third-order valence-corrected chi connectivity index (χ3v) is 6.94. The number of hydrogen-bond donors (Lipinski definition) is 1. The zero-order valence-corrected chi connectivity index (χ0v) is 27.0. The van der Waals surface area contributed by atoms with E-state index >= 15 is 0 Å². The van der Waals surface area contributed by atoms with E-state index in [0.717, 1.165) is 89.9 Å². The largest absolute Gasteiger partial charge is 0.481 e. The molecule has 42 heavy (non-hydrogen) atoms. The van der Waals surface area contributed by atoms with E-state index in [-0.39, 0.29) is 12.1 Å². The first-order valence-electron chi connectivity index (χ1n) is 16.9. The first kappa shape index (κ1) is 39.4. The minimum Gasteiger partial charge on any atom is -0.481 e. The molecule has 0 saturated heterocycles. The van der Waals surface area contributed by atoms with Gasteiger partial charge in [-0.2, -0.15) is 0 Å². The van der Waals surface area contributed by atoms with Crippen LogP contribution < -0.4 is 0 Å². The normalized spacial score (nSPS) is 13.2. The van der Waals surface area contributed by atoms with Gasteiger partial charge in [-0.25, -0.2) is 0 Å². The predicted molar refractivity (Wildman–Crippen MR) is 181 cm³/mol. The summed E-state index contributed by atoms with van der Waals surface area (Å²) in [6, 6.07) is 0. The van der Waals surface area contributed by atoms with Gasteiger partial charge in [-0.1, -0.05) is 138 Å². The number of carbonyl (C=O) groups is 2. The number of carbonyl (C=O) groups excluding carboxylic acids is 1. The molecule has 1 atom stereocenters. The first-order chi connectivity index (χ1) is 20.6. The summed E-state index contributed by atoms with van der Waals surface area (Å²) < 4.78 is 5.78. The van der Waals surface area contributed by atoms with Crippen molar-refractivity contribution in [3.05, 3.63) is 72.9 Å².